The van der Waals surface area contributed by atoms with E-state index in [0.29, 0.717) is 16.9 Å². The van der Waals surface area contributed by atoms with Crippen LogP contribution < -0.4 is 0 Å². The number of aliphatic hydroxyl groups excluding tert-OH is 1. The van der Waals surface area contributed by atoms with E-state index in [-0.39, 0.29) is 17.9 Å². The van der Waals surface area contributed by atoms with Crippen LogP contribution in [-0.2, 0) is 16.1 Å². The molecule has 0 saturated carbocycles. The highest BCUT2D eigenvalue weighted by Crippen LogP contribution is 2.40. The molecule has 1 aliphatic heterocycles. The Balaban J connectivity index is 1.87. The van der Waals surface area contributed by atoms with Gasteiger partial charge in [0.2, 0.25) is 0 Å². The van der Waals surface area contributed by atoms with Gasteiger partial charge in [-0.05, 0) is 54.8 Å². The van der Waals surface area contributed by atoms with E-state index in [1.807, 2.05) is 26.0 Å². The minimum Gasteiger partial charge on any atom is -0.507 e. The molecule has 4 rings (SSSR count). The molecular formula is C23H20N2O4. The normalized spacial score (nSPS) is 18.4. The molecule has 3 aromatic rings. The zero-order valence-electron chi connectivity index (χ0n) is 16.1. The summed E-state index contributed by atoms with van der Waals surface area (Å²) in [6.45, 7) is 4.01. The van der Waals surface area contributed by atoms with Crippen LogP contribution >= 0.6 is 0 Å². The summed E-state index contributed by atoms with van der Waals surface area (Å²) in [4.78, 5) is 31.3. The molecule has 0 spiro atoms. The molecule has 146 valence electrons. The van der Waals surface area contributed by atoms with Crippen LogP contribution in [0.25, 0.3) is 5.76 Å². The molecule has 1 fully saturated rings. The van der Waals surface area contributed by atoms with Crippen molar-refractivity contribution in [3.63, 3.8) is 0 Å². The molecule has 1 aromatic carbocycles. The molecule has 6 heteroatoms. The maximum atomic E-state index is 12.9. The van der Waals surface area contributed by atoms with Gasteiger partial charge in [0.05, 0.1) is 24.4 Å². The van der Waals surface area contributed by atoms with E-state index in [1.165, 1.54) is 11.2 Å². The Bertz CT molecular complexity index is 1100. The molecule has 1 unspecified atom stereocenters. The van der Waals surface area contributed by atoms with Gasteiger partial charge in [-0.3, -0.25) is 14.6 Å². The number of benzene rings is 1. The first kappa shape index (κ1) is 18.7. The first-order valence-corrected chi connectivity index (χ1v) is 9.25. The monoisotopic (exact) mass is 388 g/mol. The largest absolute Gasteiger partial charge is 0.507 e. The highest BCUT2D eigenvalue weighted by molar-refractivity contribution is 6.46. The Hall–Kier alpha value is -3.67. The molecule has 0 aliphatic carbocycles. The number of pyridine rings is 1. The predicted octanol–water partition coefficient (Wildman–Crippen LogP) is 3.91. The van der Waals surface area contributed by atoms with Gasteiger partial charge in [0.25, 0.3) is 11.7 Å². The van der Waals surface area contributed by atoms with E-state index < -0.39 is 17.7 Å². The van der Waals surface area contributed by atoms with Gasteiger partial charge in [0.15, 0.2) is 0 Å². The predicted molar refractivity (Wildman–Crippen MR) is 107 cm³/mol. The number of aryl methyl sites for hydroxylation is 2. The smallest absolute Gasteiger partial charge is 0.296 e. The summed E-state index contributed by atoms with van der Waals surface area (Å²) in [6, 6.07) is 11.7. The third-order valence-corrected chi connectivity index (χ3v) is 5.23. The van der Waals surface area contributed by atoms with Crippen LogP contribution in [0.3, 0.4) is 0 Å². The Morgan fingerprint density at radius 3 is 2.62 bits per heavy atom. The lowest BCUT2D eigenvalue weighted by atomic mass is 9.95. The molecule has 1 N–H and O–H groups in total. The van der Waals surface area contributed by atoms with Gasteiger partial charge in [0, 0.05) is 18.0 Å². The van der Waals surface area contributed by atoms with Crippen molar-refractivity contribution in [3.8, 4) is 0 Å². The van der Waals surface area contributed by atoms with Crippen LogP contribution in [0.15, 0.2) is 71.1 Å². The van der Waals surface area contributed by atoms with Crippen molar-refractivity contribution in [1.82, 2.24) is 9.88 Å². The van der Waals surface area contributed by atoms with E-state index in [9.17, 15) is 14.7 Å². The Labute approximate surface area is 168 Å². The quantitative estimate of drug-likeness (QED) is 0.416. The average molecular weight is 388 g/mol. The van der Waals surface area contributed by atoms with Crippen molar-refractivity contribution in [3.05, 3.63) is 94.7 Å². The van der Waals surface area contributed by atoms with Crippen molar-refractivity contribution in [2.24, 2.45) is 0 Å². The molecule has 1 aliphatic rings. The van der Waals surface area contributed by atoms with Crippen LogP contribution in [0, 0.1) is 13.8 Å². The number of Topliss-reactive ketones (excluding diaryl/α,β-unsaturated/α-hetero) is 1. The molecular weight excluding hydrogens is 368 g/mol. The molecule has 29 heavy (non-hydrogen) atoms. The first-order chi connectivity index (χ1) is 14.0. The number of carbonyl (C=O) groups excluding carboxylic acids is 2. The second kappa shape index (κ2) is 7.39. The number of likely N-dealkylation sites (tertiary alicyclic amines) is 1. The average Bonchev–Trinajstić information content (AvgIpc) is 3.32. The van der Waals surface area contributed by atoms with E-state index in [0.717, 1.165) is 11.1 Å². The summed E-state index contributed by atoms with van der Waals surface area (Å²) < 4.78 is 5.37. The first-order valence-electron chi connectivity index (χ1n) is 9.25. The van der Waals surface area contributed by atoms with E-state index >= 15 is 0 Å². The lowest BCUT2D eigenvalue weighted by Crippen LogP contribution is -2.29. The number of furan rings is 1. The molecule has 0 bridgehead atoms. The Kier molecular flexibility index (Phi) is 4.76. The van der Waals surface area contributed by atoms with Crippen molar-refractivity contribution < 1.29 is 19.1 Å². The zero-order valence-corrected chi connectivity index (χ0v) is 16.1. The summed E-state index contributed by atoms with van der Waals surface area (Å²) in [5.41, 5.74) is 3.25. The van der Waals surface area contributed by atoms with Crippen LogP contribution in [0.2, 0.25) is 0 Å². The number of aliphatic hydroxyl groups is 1. The van der Waals surface area contributed by atoms with Crippen LogP contribution in [0.4, 0.5) is 0 Å². The minimum absolute atomic E-state index is 0.0535. The molecule has 3 heterocycles. The molecule has 1 amide bonds. The zero-order chi connectivity index (χ0) is 20.5. The number of aromatic nitrogens is 1. The third kappa shape index (κ3) is 3.33. The van der Waals surface area contributed by atoms with Gasteiger partial charge in [0.1, 0.15) is 11.5 Å². The number of carbonyl (C=O) groups is 2. The van der Waals surface area contributed by atoms with Gasteiger partial charge in [-0.2, -0.15) is 0 Å². The number of rotatable bonds is 4. The van der Waals surface area contributed by atoms with Crippen LogP contribution in [0.1, 0.15) is 34.1 Å². The lowest BCUT2D eigenvalue weighted by molar-refractivity contribution is -0.140. The van der Waals surface area contributed by atoms with Gasteiger partial charge in [-0.1, -0.05) is 18.2 Å². The summed E-state index contributed by atoms with van der Waals surface area (Å²) >= 11 is 0. The van der Waals surface area contributed by atoms with Crippen LogP contribution in [0.5, 0.6) is 0 Å². The fourth-order valence-corrected chi connectivity index (χ4v) is 3.54. The molecule has 1 saturated heterocycles. The summed E-state index contributed by atoms with van der Waals surface area (Å²) in [7, 11) is 0. The van der Waals surface area contributed by atoms with Gasteiger partial charge < -0.3 is 14.4 Å². The Morgan fingerprint density at radius 1 is 1.14 bits per heavy atom. The van der Waals surface area contributed by atoms with E-state index in [4.69, 9.17) is 4.42 Å². The molecule has 0 radical (unpaired) electrons. The van der Waals surface area contributed by atoms with Crippen molar-refractivity contribution in [2.45, 2.75) is 26.4 Å². The van der Waals surface area contributed by atoms with Crippen LogP contribution in [-0.4, -0.2) is 26.7 Å². The van der Waals surface area contributed by atoms with E-state index in [2.05, 4.69) is 4.98 Å². The lowest BCUT2D eigenvalue weighted by Gasteiger charge is -2.24. The van der Waals surface area contributed by atoms with Gasteiger partial charge in [-0.15, -0.1) is 0 Å². The van der Waals surface area contributed by atoms with Crippen molar-refractivity contribution in [2.75, 3.05) is 0 Å². The number of hydrogen-bond acceptors (Lipinski definition) is 5. The fraction of sp³-hybridized carbons (Fsp3) is 0.174. The maximum Gasteiger partial charge on any atom is 0.296 e. The highest BCUT2D eigenvalue weighted by Gasteiger charge is 2.46. The number of amides is 1. The van der Waals surface area contributed by atoms with E-state index in [1.54, 1.807) is 42.7 Å². The van der Waals surface area contributed by atoms with Crippen molar-refractivity contribution in [1.29, 1.82) is 0 Å². The topological polar surface area (TPSA) is 83.6 Å². The van der Waals surface area contributed by atoms with Crippen molar-refractivity contribution >= 4 is 17.4 Å². The SMILES string of the molecule is Cc1ccc(/C(O)=C2/C(=O)C(=O)N(Cc3ccco3)C2c2cccnc2)cc1C. The maximum absolute atomic E-state index is 12.9. The second-order valence-corrected chi connectivity index (χ2v) is 7.09. The molecule has 2 aromatic heterocycles. The summed E-state index contributed by atoms with van der Waals surface area (Å²) in [6.07, 6.45) is 4.73. The summed E-state index contributed by atoms with van der Waals surface area (Å²) in [5, 5.41) is 11.0. The number of ketones is 1. The van der Waals surface area contributed by atoms with Gasteiger partial charge in [-0.25, -0.2) is 0 Å². The second-order valence-electron chi connectivity index (χ2n) is 7.09. The van der Waals surface area contributed by atoms with Gasteiger partial charge >= 0.3 is 0 Å². The molecule has 1 atom stereocenters. The molecule has 6 nitrogen and oxygen atoms in total. The highest BCUT2D eigenvalue weighted by atomic mass is 16.3. The fourth-order valence-electron chi connectivity index (χ4n) is 3.54. The minimum atomic E-state index is -0.754. The Morgan fingerprint density at radius 2 is 1.97 bits per heavy atom. The standard InChI is InChI=1S/C23H20N2O4/c1-14-7-8-16(11-15(14)2)21(26)19-20(17-5-3-9-24-12-17)25(23(28)22(19)27)13-18-6-4-10-29-18/h3-12,20,26H,13H2,1-2H3/b21-19-. The number of hydrogen-bond donors (Lipinski definition) is 1. The third-order valence-electron chi connectivity index (χ3n) is 5.23. The number of nitrogens with zero attached hydrogens (tertiary/aromatic N) is 2. The summed E-state index contributed by atoms with van der Waals surface area (Å²) in [5.74, 6) is -1.05.